The highest BCUT2D eigenvalue weighted by Crippen LogP contribution is 2.27. The quantitative estimate of drug-likeness (QED) is 0.343. The van der Waals surface area contributed by atoms with Crippen LogP contribution in [-0.2, 0) is 10.2 Å². The molecule has 1 unspecified atom stereocenters. The molecule has 3 rings (SSSR count). The predicted octanol–water partition coefficient (Wildman–Crippen LogP) is 4.07. The molecule has 0 bridgehead atoms. The fourth-order valence-electron chi connectivity index (χ4n) is 4.38. The van der Waals surface area contributed by atoms with Crippen LogP contribution in [0.1, 0.15) is 57.9 Å². The standard InChI is InChI=1S/C23H35FN4O.HI/c1-23(2,18-9-11-19(24)12-10-18)16-26-22(25-3)27-20-13-14-28(15-20)21(29)17-7-5-4-6-8-17;/h9-12,17,20H,4-8,13-16H2,1-3H3,(H2,25,26,27);1H. The van der Waals surface area contributed by atoms with Gasteiger partial charge in [-0.2, -0.15) is 0 Å². The van der Waals surface area contributed by atoms with E-state index in [0.29, 0.717) is 12.5 Å². The second-order valence-electron chi connectivity index (χ2n) is 9.07. The zero-order chi connectivity index (χ0) is 20.9. The first-order chi connectivity index (χ1) is 13.9. The number of likely N-dealkylation sites (tertiary alicyclic amines) is 1. The van der Waals surface area contributed by atoms with Crippen molar-refractivity contribution >= 4 is 35.8 Å². The highest BCUT2D eigenvalue weighted by molar-refractivity contribution is 14.0. The molecule has 5 nitrogen and oxygen atoms in total. The fourth-order valence-corrected chi connectivity index (χ4v) is 4.38. The Hall–Kier alpha value is -1.38. The second kappa shape index (κ2) is 11.3. The van der Waals surface area contributed by atoms with Crippen LogP contribution in [0.2, 0.25) is 0 Å². The molecule has 168 valence electrons. The van der Waals surface area contributed by atoms with Crippen LogP contribution in [0.5, 0.6) is 0 Å². The third kappa shape index (κ3) is 6.56. The monoisotopic (exact) mass is 530 g/mol. The molecule has 30 heavy (non-hydrogen) atoms. The van der Waals surface area contributed by atoms with E-state index in [-0.39, 0.29) is 47.2 Å². The van der Waals surface area contributed by atoms with Crippen molar-refractivity contribution < 1.29 is 9.18 Å². The Morgan fingerprint density at radius 2 is 1.83 bits per heavy atom. The summed E-state index contributed by atoms with van der Waals surface area (Å²) in [5.74, 6) is 1.10. The normalized spacial score (nSPS) is 20.6. The molecule has 2 fully saturated rings. The summed E-state index contributed by atoms with van der Waals surface area (Å²) in [5.41, 5.74) is 0.913. The first kappa shape index (κ1) is 24.9. The number of rotatable bonds is 5. The Bertz CT molecular complexity index is 716. The van der Waals surface area contributed by atoms with E-state index in [4.69, 9.17) is 0 Å². The molecule has 1 amide bonds. The summed E-state index contributed by atoms with van der Waals surface area (Å²) in [5, 5.41) is 6.87. The van der Waals surface area contributed by atoms with E-state index in [1.54, 1.807) is 7.05 Å². The number of benzene rings is 1. The number of carbonyl (C=O) groups is 1. The van der Waals surface area contributed by atoms with Gasteiger partial charge >= 0.3 is 0 Å². The minimum atomic E-state index is -0.219. The smallest absolute Gasteiger partial charge is 0.225 e. The summed E-state index contributed by atoms with van der Waals surface area (Å²) in [6.07, 6.45) is 6.69. The SMILES string of the molecule is CN=C(NCC(C)(C)c1ccc(F)cc1)NC1CCN(C(=O)C2CCCCC2)C1.I. The number of nitrogens with zero attached hydrogens (tertiary/aromatic N) is 2. The lowest BCUT2D eigenvalue weighted by molar-refractivity contribution is -0.135. The molecule has 1 heterocycles. The van der Waals surface area contributed by atoms with Gasteiger partial charge in [-0.15, -0.1) is 24.0 Å². The van der Waals surface area contributed by atoms with Gasteiger partial charge in [-0.25, -0.2) is 4.39 Å². The van der Waals surface area contributed by atoms with Gasteiger partial charge in [0, 0.05) is 44.1 Å². The first-order valence-electron chi connectivity index (χ1n) is 10.9. The number of halogens is 2. The van der Waals surface area contributed by atoms with Crippen LogP contribution in [0.15, 0.2) is 29.3 Å². The van der Waals surface area contributed by atoms with Gasteiger partial charge in [0.2, 0.25) is 5.91 Å². The van der Waals surface area contributed by atoms with Crippen LogP contribution in [0.25, 0.3) is 0 Å². The molecule has 1 saturated heterocycles. The van der Waals surface area contributed by atoms with Gasteiger partial charge in [0.25, 0.3) is 0 Å². The molecule has 1 aliphatic heterocycles. The summed E-state index contributed by atoms with van der Waals surface area (Å²) in [4.78, 5) is 19.1. The maximum atomic E-state index is 13.2. The van der Waals surface area contributed by atoms with E-state index in [1.807, 2.05) is 17.0 Å². The number of hydrogen-bond donors (Lipinski definition) is 2. The van der Waals surface area contributed by atoms with E-state index >= 15 is 0 Å². The second-order valence-corrected chi connectivity index (χ2v) is 9.07. The zero-order valence-corrected chi connectivity index (χ0v) is 20.7. The molecule has 1 atom stereocenters. The highest BCUT2D eigenvalue weighted by atomic mass is 127. The summed E-state index contributed by atoms with van der Waals surface area (Å²) >= 11 is 0. The number of amides is 1. The lowest BCUT2D eigenvalue weighted by atomic mass is 9.84. The third-order valence-corrected chi connectivity index (χ3v) is 6.34. The Kier molecular flexibility index (Phi) is 9.37. The maximum Gasteiger partial charge on any atom is 0.225 e. The molecule has 1 aliphatic carbocycles. The van der Waals surface area contributed by atoms with Crippen LogP contribution in [0, 0.1) is 11.7 Å². The van der Waals surface area contributed by atoms with Crippen LogP contribution < -0.4 is 10.6 Å². The average Bonchev–Trinajstić information content (AvgIpc) is 3.20. The summed E-state index contributed by atoms with van der Waals surface area (Å²) in [6.45, 7) is 6.50. The Labute approximate surface area is 197 Å². The van der Waals surface area contributed by atoms with Crippen LogP contribution in [0.3, 0.4) is 0 Å². The number of hydrogen-bond acceptors (Lipinski definition) is 2. The van der Waals surface area contributed by atoms with E-state index < -0.39 is 0 Å². The summed E-state index contributed by atoms with van der Waals surface area (Å²) in [6, 6.07) is 6.89. The largest absolute Gasteiger partial charge is 0.356 e. The van der Waals surface area contributed by atoms with Crippen molar-refractivity contribution in [1.82, 2.24) is 15.5 Å². The van der Waals surface area contributed by atoms with Crippen LogP contribution in [-0.4, -0.2) is 49.5 Å². The molecule has 0 spiro atoms. The lowest BCUT2D eigenvalue weighted by Gasteiger charge is -2.28. The van der Waals surface area contributed by atoms with Crippen molar-refractivity contribution in [2.75, 3.05) is 26.7 Å². The minimum absolute atomic E-state index is 0. The number of nitrogens with one attached hydrogen (secondary N) is 2. The minimum Gasteiger partial charge on any atom is -0.356 e. The highest BCUT2D eigenvalue weighted by Gasteiger charge is 2.32. The molecular weight excluding hydrogens is 494 g/mol. The van der Waals surface area contributed by atoms with Crippen molar-refractivity contribution in [3.8, 4) is 0 Å². The van der Waals surface area contributed by atoms with Gasteiger partial charge in [0.15, 0.2) is 5.96 Å². The molecular formula is C23H36FIN4O. The van der Waals surface area contributed by atoms with Crippen LogP contribution in [0.4, 0.5) is 4.39 Å². The topological polar surface area (TPSA) is 56.7 Å². The number of carbonyl (C=O) groups excluding carboxylic acids is 1. The van der Waals surface area contributed by atoms with Crippen molar-refractivity contribution in [1.29, 1.82) is 0 Å². The van der Waals surface area contributed by atoms with Gasteiger partial charge in [-0.1, -0.05) is 45.2 Å². The van der Waals surface area contributed by atoms with E-state index in [9.17, 15) is 9.18 Å². The number of aliphatic imine (C=N–C) groups is 1. The molecule has 2 N–H and O–H groups in total. The molecule has 2 aliphatic rings. The Morgan fingerprint density at radius 1 is 1.17 bits per heavy atom. The third-order valence-electron chi connectivity index (χ3n) is 6.34. The zero-order valence-electron chi connectivity index (χ0n) is 18.4. The molecule has 1 aromatic rings. The molecule has 0 radical (unpaired) electrons. The van der Waals surface area contributed by atoms with Gasteiger partial charge < -0.3 is 15.5 Å². The fraction of sp³-hybridized carbons (Fsp3) is 0.652. The van der Waals surface area contributed by atoms with Crippen molar-refractivity contribution in [2.24, 2.45) is 10.9 Å². The van der Waals surface area contributed by atoms with Gasteiger partial charge in [0.1, 0.15) is 5.82 Å². The average molecular weight is 530 g/mol. The van der Waals surface area contributed by atoms with E-state index in [0.717, 1.165) is 43.9 Å². The molecule has 7 heteroatoms. The Balaban J connectivity index is 0.00000320. The summed E-state index contributed by atoms with van der Waals surface area (Å²) in [7, 11) is 1.76. The van der Waals surface area contributed by atoms with Crippen molar-refractivity contribution in [3.63, 3.8) is 0 Å². The van der Waals surface area contributed by atoms with Crippen molar-refractivity contribution in [2.45, 2.75) is 63.8 Å². The molecule has 0 aromatic heterocycles. The van der Waals surface area contributed by atoms with Gasteiger partial charge in [-0.05, 0) is 37.0 Å². The van der Waals surface area contributed by atoms with Crippen LogP contribution >= 0.6 is 24.0 Å². The summed E-state index contributed by atoms with van der Waals surface area (Å²) < 4.78 is 13.2. The molecule has 1 saturated carbocycles. The van der Waals surface area contributed by atoms with E-state index in [2.05, 4.69) is 29.5 Å². The predicted molar refractivity (Wildman–Crippen MR) is 131 cm³/mol. The number of guanidine groups is 1. The van der Waals surface area contributed by atoms with Crippen molar-refractivity contribution in [3.05, 3.63) is 35.6 Å². The van der Waals surface area contributed by atoms with Gasteiger partial charge in [0.05, 0.1) is 0 Å². The maximum absolute atomic E-state index is 13.2. The van der Waals surface area contributed by atoms with Gasteiger partial charge in [-0.3, -0.25) is 9.79 Å². The Morgan fingerprint density at radius 3 is 2.47 bits per heavy atom. The van der Waals surface area contributed by atoms with E-state index in [1.165, 1.54) is 31.4 Å². The lowest BCUT2D eigenvalue weighted by Crippen LogP contribution is -2.48. The first-order valence-corrected chi connectivity index (χ1v) is 10.9. The molecule has 1 aromatic carbocycles.